The van der Waals surface area contributed by atoms with Crippen molar-refractivity contribution in [1.29, 1.82) is 0 Å². The predicted molar refractivity (Wildman–Crippen MR) is 53.1 cm³/mol. The fraction of sp³-hybridized carbons (Fsp3) is 0.900. The molecule has 0 aromatic rings. The van der Waals surface area contributed by atoms with Gasteiger partial charge in [0.25, 0.3) is 0 Å². The maximum Gasteiger partial charge on any atom is 0.230 e. The molecule has 1 amide bonds. The Balaban J connectivity index is 2.53. The van der Waals surface area contributed by atoms with Crippen molar-refractivity contribution in [3.8, 4) is 0 Å². The van der Waals surface area contributed by atoms with Crippen molar-refractivity contribution >= 4 is 5.91 Å². The standard InChI is InChI=1S/C10H19NO3/c1-10(2,8-13-3)9(12)11-4-6-14-7-5-11/h4-8H2,1-3H3. The van der Waals surface area contributed by atoms with Crippen molar-refractivity contribution in [3.63, 3.8) is 0 Å². The third kappa shape index (κ3) is 2.69. The Hall–Kier alpha value is -0.610. The Morgan fingerprint density at radius 3 is 2.50 bits per heavy atom. The predicted octanol–water partition coefficient (Wildman–Crippen LogP) is 0.518. The molecule has 1 saturated heterocycles. The molecular formula is C10H19NO3. The third-order valence-corrected chi connectivity index (χ3v) is 2.38. The Morgan fingerprint density at radius 1 is 1.43 bits per heavy atom. The fourth-order valence-electron chi connectivity index (χ4n) is 1.62. The van der Waals surface area contributed by atoms with E-state index >= 15 is 0 Å². The first-order valence-corrected chi connectivity index (χ1v) is 4.94. The average Bonchev–Trinajstić information content (AvgIpc) is 2.18. The van der Waals surface area contributed by atoms with Gasteiger partial charge in [0.05, 0.1) is 25.2 Å². The van der Waals surface area contributed by atoms with Crippen LogP contribution in [0.25, 0.3) is 0 Å². The highest BCUT2D eigenvalue weighted by molar-refractivity contribution is 5.82. The van der Waals surface area contributed by atoms with Crippen molar-refractivity contribution in [1.82, 2.24) is 4.90 Å². The van der Waals surface area contributed by atoms with Crippen LogP contribution in [0.5, 0.6) is 0 Å². The number of methoxy groups -OCH3 is 1. The van der Waals surface area contributed by atoms with Crippen LogP contribution in [0, 0.1) is 5.41 Å². The highest BCUT2D eigenvalue weighted by atomic mass is 16.5. The van der Waals surface area contributed by atoms with Crippen LogP contribution in [0.2, 0.25) is 0 Å². The molecule has 0 aliphatic carbocycles. The van der Waals surface area contributed by atoms with Gasteiger partial charge in [-0.25, -0.2) is 0 Å². The third-order valence-electron chi connectivity index (χ3n) is 2.38. The topological polar surface area (TPSA) is 38.8 Å². The summed E-state index contributed by atoms with van der Waals surface area (Å²) in [5, 5.41) is 0. The van der Waals surface area contributed by atoms with Gasteiger partial charge in [0, 0.05) is 20.2 Å². The summed E-state index contributed by atoms with van der Waals surface area (Å²) in [4.78, 5) is 13.8. The van der Waals surface area contributed by atoms with E-state index in [2.05, 4.69) is 0 Å². The first kappa shape index (κ1) is 11.5. The molecule has 0 radical (unpaired) electrons. The average molecular weight is 201 g/mol. The molecule has 1 rings (SSSR count). The molecule has 0 aromatic carbocycles. The molecule has 1 fully saturated rings. The van der Waals surface area contributed by atoms with Crippen LogP contribution in [-0.4, -0.2) is 50.8 Å². The number of hydrogen-bond donors (Lipinski definition) is 0. The van der Waals surface area contributed by atoms with Crippen molar-refractivity contribution in [2.24, 2.45) is 5.41 Å². The van der Waals surface area contributed by atoms with Crippen LogP contribution in [0.15, 0.2) is 0 Å². The quantitative estimate of drug-likeness (QED) is 0.668. The summed E-state index contributed by atoms with van der Waals surface area (Å²) in [6.07, 6.45) is 0. The summed E-state index contributed by atoms with van der Waals surface area (Å²) >= 11 is 0. The molecule has 82 valence electrons. The van der Waals surface area contributed by atoms with E-state index in [4.69, 9.17) is 9.47 Å². The van der Waals surface area contributed by atoms with Crippen LogP contribution in [0.3, 0.4) is 0 Å². The van der Waals surface area contributed by atoms with Gasteiger partial charge in [0.15, 0.2) is 0 Å². The molecule has 0 saturated carbocycles. The second-order valence-corrected chi connectivity index (χ2v) is 4.22. The van der Waals surface area contributed by atoms with Gasteiger partial charge >= 0.3 is 0 Å². The number of ether oxygens (including phenoxy) is 2. The lowest BCUT2D eigenvalue weighted by Gasteiger charge is -2.33. The summed E-state index contributed by atoms with van der Waals surface area (Å²) < 4.78 is 10.2. The minimum Gasteiger partial charge on any atom is -0.384 e. The van der Waals surface area contributed by atoms with Gasteiger partial charge in [-0.1, -0.05) is 0 Å². The smallest absolute Gasteiger partial charge is 0.230 e. The van der Waals surface area contributed by atoms with Crippen molar-refractivity contribution in [2.45, 2.75) is 13.8 Å². The molecular weight excluding hydrogens is 182 g/mol. The van der Waals surface area contributed by atoms with Crippen LogP contribution >= 0.6 is 0 Å². The van der Waals surface area contributed by atoms with Crippen LogP contribution in [-0.2, 0) is 14.3 Å². The zero-order chi connectivity index (χ0) is 10.6. The molecule has 0 aromatic heterocycles. The summed E-state index contributed by atoms with van der Waals surface area (Å²) in [5.74, 6) is 0.155. The molecule has 1 aliphatic heterocycles. The molecule has 14 heavy (non-hydrogen) atoms. The first-order valence-electron chi connectivity index (χ1n) is 4.94. The molecule has 1 aliphatic rings. The number of hydrogen-bond acceptors (Lipinski definition) is 3. The zero-order valence-electron chi connectivity index (χ0n) is 9.21. The Morgan fingerprint density at radius 2 is 2.00 bits per heavy atom. The van der Waals surface area contributed by atoms with Gasteiger partial charge in [0.2, 0.25) is 5.91 Å². The second-order valence-electron chi connectivity index (χ2n) is 4.22. The summed E-state index contributed by atoms with van der Waals surface area (Å²) in [5.41, 5.74) is -0.425. The van der Waals surface area contributed by atoms with Crippen molar-refractivity contribution < 1.29 is 14.3 Å². The lowest BCUT2D eigenvalue weighted by Crippen LogP contribution is -2.48. The molecule has 0 bridgehead atoms. The maximum atomic E-state index is 12.0. The molecule has 0 atom stereocenters. The monoisotopic (exact) mass is 201 g/mol. The van der Waals surface area contributed by atoms with E-state index in [9.17, 15) is 4.79 Å². The number of carbonyl (C=O) groups is 1. The highest BCUT2D eigenvalue weighted by Crippen LogP contribution is 2.19. The Kier molecular flexibility index (Phi) is 3.89. The number of morpholine rings is 1. The van der Waals surface area contributed by atoms with E-state index in [1.807, 2.05) is 18.7 Å². The summed E-state index contributed by atoms with van der Waals surface area (Å²) in [6.45, 7) is 6.98. The van der Waals surface area contributed by atoms with E-state index in [1.54, 1.807) is 7.11 Å². The van der Waals surface area contributed by atoms with E-state index < -0.39 is 5.41 Å². The normalized spacial score (nSPS) is 18.4. The van der Waals surface area contributed by atoms with Gasteiger partial charge in [0.1, 0.15) is 0 Å². The molecule has 4 heteroatoms. The first-order chi connectivity index (χ1) is 6.58. The minimum absolute atomic E-state index is 0.155. The van der Waals surface area contributed by atoms with Crippen molar-refractivity contribution in [2.75, 3.05) is 40.0 Å². The van der Waals surface area contributed by atoms with Gasteiger partial charge in [-0.15, -0.1) is 0 Å². The van der Waals surface area contributed by atoms with Crippen molar-refractivity contribution in [3.05, 3.63) is 0 Å². The van der Waals surface area contributed by atoms with Gasteiger partial charge < -0.3 is 14.4 Å². The maximum absolute atomic E-state index is 12.0. The van der Waals surface area contributed by atoms with Gasteiger partial charge in [-0.05, 0) is 13.8 Å². The molecule has 0 spiro atoms. The molecule has 0 N–H and O–H groups in total. The van der Waals surface area contributed by atoms with Crippen LogP contribution in [0.4, 0.5) is 0 Å². The molecule has 1 heterocycles. The van der Waals surface area contributed by atoms with E-state index in [0.29, 0.717) is 32.9 Å². The van der Waals surface area contributed by atoms with Gasteiger partial charge in [-0.2, -0.15) is 0 Å². The number of nitrogens with zero attached hydrogens (tertiary/aromatic N) is 1. The lowest BCUT2D eigenvalue weighted by molar-refractivity contribution is -0.147. The summed E-state index contributed by atoms with van der Waals surface area (Å²) in [7, 11) is 1.62. The lowest BCUT2D eigenvalue weighted by atomic mass is 9.92. The minimum atomic E-state index is -0.425. The number of amides is 1. The van der Waals surface area contributed by atoms with Crippen LogP contribution in [0.1, 0.15) is 13.8 Å². The van der Waals surface area contributed by atoms with Crippen LogP contribution < -0.4 is 0 Å². The van der Waals surface area contributed by atoms with Gasteiger partial charge in [-0.3, -0.25) is 4.79 Å². The molecule has 0 unspecified atom stereocenters. The SMILES string of the molecule is COCC(C)(C)C(=O)N1CCOCC1. The van der Waals surface area contributed by atoms with E-state index in [-0.39, 0.29) is 5.91 Å². The number of carbonyl (C=O) groups excluding carboxylic acids is 1. The largest absolute Gasteiger partial charge is 0.384 e. The Bertz CT molecular complexity index is 198. The highest BCUT2D eigenvalue weighted by Gasteiger charge is 2.32. The number of rotatable bonds is 3. The van der Waals surface area contributed by atoms with E-state index in [0.717, 1.165) is 0 Å². The molecule has 4 nitrogen and oxygen atoms in total. The summed E-state index contributed by atoms with van der Waals surface area (Å²) in [6, 6.07) is 0. The zero-order valence-corrected chi connectivity index (χ0v) is 9.21. The Labute approximate surface area is 85.2 Å². The second kappa shape index (κ2) is 4.75. The van der Waals surface area contributed by atoms with E-state index in [1.165, 1.54) is 0 Å². The fourth-order valence-corrected chi connectivity index (χ4v) is 1.62.